The first-order valence-electron chi connectivity index (χ1n) is 21.8. The average Bonchev–Trinajstić information content (AvgIpc) is 3.36. The van der Waals surface area contributed by atoms with Gasteiger partial charge in [-0.1, -0.05) is 225 Å². The van der Waals surface area contributed by atoms with E-state index in [1.54, 1.807) is 104 Å². The number of benzene rings is 6. The number of aliphatic carboxylic acids is 4. The maximum absolute atomic E-state index is 10.7. The molecule has 0 aliphatic carbocycles. The van der Waals surface area contributed by atoms with Crippen molar-refractivity contribution in [2.75, 3.05) is 0 Å². The van der Waals surface area contributed by atoms with Crippen molar-refractivity contribution < 1.29 is 72.6 Å². The van der Waals surface area contributed by atoms with Gasteiger partial charge in [0.05, 0.1) is 34.9 Å². The first-order chi connectivity index (χ1) is 32.1. The molecule has 0 saturated heterocycles. The molecule has 0 fully saturated rings. The van der Waals surface area contributed by atoms with Crippen molar-refractivity contribution in [1.29, 1.82) is 0 Å². The molecule has 0 amide bonds. The van der Waals surface area contributed by atoms with Gasteiger partial charge in [0.2, 0.25) is 0 Å². The van der Waals surface area contributed by atoms with Gasteiger partial charge in [0.15, 0.2) is 0 Å². The summed E-state index contributed by atoms with van der Waals surface area (Å²) in [5.74, 6) is -4.19. The van der Waals surface area contributed by atoms with Crippen molar-refractivity contribution in [2.24, 2.45) is 0 Å². The Hall–Kier alpha value is -6.99. The summed E-state index contributed by atoms with van der Waals surface area (Å²) in [5.41, 5.74) is 1.59. The second-order valence-electron chi connectivity index (χ2n) is 17.5. The fraction of sp³-hybridized carbons (Fsp3) is 0.207. The van der Waals surface area contributed by atoms with Crippen LogP contribution in [0.5, 0.6) is 0 Å². The number of carbonyl (C=O) groups excluding carboxylic acids is 4. The number of hydrogen-bond acceptors (Lipinski definition) is 10. The van der Waals surface area contributed by atoms with Crippen molar-refractivity contribution in [2.45, 2.75) is 77.0 Å². The molecule has 2 aromatic heterocycles. The number of rotatable bonds is 8. The van der Waals surface area contributed by atoms with Gasteiger partial charge in [-0.25, -0.2) is 0 Å². The van der Waals surface area contributed by atoms with Gasteiger partial charge in [0, 0.05) is 44.8 Å². The Kier molecular flexibility index (Phi) is 25.4. The van der Waals surface area contributed by atoms with E-state index in [0.29, 0.717) is 0 Å². The van der Waals surface area contributed by atoms with Crippen LogP contribution < -0.4 is 20.4 Å². The van der Waals surface area contributed by atoms with E-state index >= 15 is 0 Å². The van der Waals surface area contributed by atoms with E-state index in [9.17, 15) is 39.6 Å². The number of fused-ring (bicyclic) bond motifs is 2. The van der Waals surface area contributed by atoms with Gasteiger partial charge < -0.3 is 39.6 Å². The standard InChI is InChI=1S/4C10H12O2.2C9H7N.2Ni/c4*1-10(2,9(11)12)8-6-4-3-5-7-8;2*1-2-6-9-8(4-1)5-3-7-10-9;;/h4*3-7H,1-2H3,(H,11,12);2*1-7H;;/q;;;;;;2*+2/p-4. The Labute approximate surface area is 431 Å². The Morgan fingerprint density at radius 1 is 0.300 bits per heavy atom. The number of para-hydroxylation sites is 2. The summed E-state index contributed by atoms with van der Waals surface area (Å²) in [4.78, 5) is 51.2. The molecule has 0 bridgehead atoms. The molecule has 0 N–H and O–H groups in total. The largest absolute Gasteiger partial charge is 2.00 e. The van der Waals surface area contributed by atoms with Gasteiger partial charge in [-0.05, 0) is 46.5 Å². The SMILES string of the molecule is CC(C)(C(=O)[O-])c1ccccc1.CC(C)(C(=O)[O-])c1ccccc1.CC(C)(C(=O)[O-])c1ccccc1.CC(C)(C(=O)[O-])c1ccccc1.[Ni+2].[Ni+2].c1ccc2ncccc2c1.c1ccc2ncccc2c1. The van der Waals surface area contributed by atoms with Crippen molar-refractivity contribution in [3.8, 4) is 0 Å². The normalized spacial score (nSPS) is 10.5. The number of nitrogens with zero attached hydrogens (tertiary/aromatic N) is 2. The minimum atomic E-state index is -1.05. The van der Waals surface area contributed by atoms with Gasteiger partial charge in [0.25, 0.3) is 0 Å². The van der Waals surface area contributed by atoms with E-state index in [1.807, 2.05) is 134 Å². The summed E-state index contributed by atoms with van der Waals surface area (Å²) >= 11 is 0. The zero-order chi connectivity index (χ0) is 50.4. The van der Waals surface area contributed by atoms with Gasteiger partial charge >= 0.3 is 33.0 Å². The molecule has 70 heavy (non-hydrogen) atoms. The summed E-state index contributed by atoms with van der Waals surface area (Å²) in [7, 11) is 0. The van der Waals surface area contributed by atoms with Crippen LogP contribution >= 0.6 is 0 Å². The molecule has 0 atom stereocenters. The van der Waals surface area contributed by atoms with E-state index in [-0.39, 0.29) is 33.0 Å². The predicted molar refractivity (Wildman–Crippen MR) is 261 cm³/mol. The third-order valence-electron chi connectivity index (χ3n) is 11.0. The third-order valence-corrected chi connectivity index (χ3v) is 11.0. The zero-order valence-corrected chi connectivity index (χ0v) is 42.4. The van der Waals surface area contributed by atoms with E-state index in [0.717, 1.165) is 33.3 Å². The van der Waals surface area contributed by atoms with Crippen LogP contribution in [0.4, 0.5) is 0 Å². The summed E-state index contributed by atoms with van der Waals surface area (Å²) in [6, 6.07) is 60.4. The van der Waals surface area contributed by atoms with E-state index in [2.05, 4.69) is 34.2 Å². The molecule has 0 saturated carbocycles. The molecule has 0 radical (unpaired) electrons. The molecule has 0 aliphatic rings. The average molecular weight is 1030 g/mol. The topological polar surface area (TPSA) is 186 Å². The fourth-order valence-corrected chi connectivity index (χ4v) is 5.92. The molecule has 8 rings (SSSR count). The first kappa shape index (κ1) is 61.0. The van der Waals surface area contributed by atoms with Gasteiger partial charge in [-0.3, -0.25) is 9.97 Å². The van der Waals surface area contributed by atoms with Crippen LogP contribution in [0.15, 0.2) is 207 Å². The second kappa shape index (κ2) is 29.1. The molecule has 368 valence electrons. The summed E-state index contributed by atoms with van der Waals surface area (Å²) < 4.78 is 0. The number of pyridine rings is 2. The summed E-state index contributed by atoms with van der Waals surface area (Å²) in [6.07, 6.45) is 3.62. The second-order valence-corrected chi connectivity index (χ2v) is 17.5. The van der Waals surface area contributed by atoms with E-state index in [1.165, 1.54) is 10.8 Å². The molecule has 8 aromatic rings. The molecular formula is C58H58N2Ni2O8. The predicted octanol–water partition coefficient (Wildman–Crippen LogP) is 7.32. The Balaban J connectivity index is 0.000000418. The summed E-state index contributed by atoms with van der Waals surface area (Å²) in [6.45, 7) is 13.1. The van der Waals surface area contributed by atoms with Crippen LogP contribution in [0.3, 0.4) is 0 Å². The van der Waals surface area contributed by atoms with E-state index in [4.69, 9.17) is 0 Å². The molecule has 2 heterocycles. The van der Waals surface area contributed by atoms with Gasteiger partial charge in [-0.15, -0.1) is 0 Å². The van der Waals surface area contributed by atoms with Crippen molar-refractivity contribution in [1.82, 2.24) is 9.97 Å². The number of carboxylic acid groups (broad SMARTS) is 4. The van der Waals surface area contributed by atoms with Crippen LogP contribution in [-0.4, -0.2) is 33.8 Å². The molecule has 0 spiro atoms. The first-order valence-corrected chi connectivity index (χ1v) is 21.8. The fourth-order valence-electron chi connectivity index (χ4n) is 5.92. The van der Waals surface area contributed by atoms with Crippen molar-refractivity contribution in [3.05, 3.63) is 229 Å². The van der Waals surface area contributed by atoms with Crippen LogP contribution in [0, 0.1) is 0 Å². The van der Waals surface area contributed by atoms with Crippen LogP contribution in [-0.2, 0) is 73.8 Å². The maximum atomic E-state index is 10.7. The minimum absolute atomic E-state index is 0. The number of carbonyl (C=O) groups is 4. The maximum Gasteiger partial charge on any atom is 2.00 e. The number of hydrogen-bond donors (Lipinski definition) is 0. The molecule has 10 nitrogen and oxygen atoms in total. The minimum Gasteiger partial charge on any atom is -0.549 e. The Morgan fingerprint density at radius 3 is 0.686 bits per heavy atom. The quantitative estimate of drug-likeness (QED) is 0.140. The molecule has 6 aromatic carbocycles. The Bertz CT molecular complexity index is 2360. The van der Waals surface area contributed by atoms with Crippen molar-refractivity contribution >= 4 is 45.7 Å². The van der Waals surface area contributed by atoms with Gasteiger partial charge in [-0.2, -0.15) is 0 Å². The molecule has 12 heteroatoms. The number of carboxylic acids is 4. The Morgan fingerprint density at radius 2 is 0.486 bits per heavy atom. The van der Waals surface area contributed by atoms with Crippen LogP contribution in [0.2, 0.25) is 0 Å². The molecular weight excluding hydrogens is 970 g/mol. The monoisotopic (exact) mass is 1030 g/mol. The van der Waals surface area contributed by atoms with Crippen LogP contribution in [0.25, 0.3) is 21.8 Å². The summed E-state index contributed by atoms with van der Waals surface area (Å²) in [5, 5.41) is 45.2. The third kappa shape index (κ3) is 18.5. The smallest absolute Gasteiger partial charge is 0.549 e. The van der Waals surface area contributed by atoms with E-state index < -0.39 is 45.5 Å². The van der Waals surface area contributed by atoms with Crippen molar-refractivity contribution in [3.63, 3.8) is 0 Å². The zero-order valence-electron chi connectivity index (χ0n) is 40.4. The van der Waals surface area contributed by atoms with Crippen LogP contribution in [0.1, 0.15) is 77.6 Å². The van der Waals surface area contributed by atoms with Gasteiger partial charge in [0.1, 0.15) is 0 Å². The molecule has 0 aliphatic heterocycles. The number of aromatic nitrogens is 2. The molecule has 0 unspecified atom stereocenters.